The number of nitrogens with zero attached hydrogens (tertiary/aromatic N) is 3. The molecule has 2 aromatic heterocycles. The Labute approximate surface area is 121 Å². The fraction of sp³-hybridized carbons (Fsp3) is 0.333. The summed E-state index contributed by atoms with van der Waals surface area (Å²) >= 11 is 5.86. The Kier molecular flexibility index (Phi) is 5.42. The second-order valence-corrected chi connectivity index (χ2v) is 6.79. The topological polar surface area (TPSA) is 67.8 Å². The highest BCUT2D eigenvalue weighted by Gasteiger charge is 2.07. The lowest BCUT2D eigenvalue weighted by Crippen LogP contribution is -2.11. The first kappa shape index (κ1) is 13.8. The molecular weight excluding hydrogens is 308 g/mol. The lowest BCUT2D eigenvalue weighted by molar-refractivity contribution is -0.115. The van der Waals surface area contributed by atoms with E-state index in [2.05, 4.69) is 19.7 Å². The van der Waals surface area contributed by atoms with Gasteiger partial charge in [-0.05, 0) is 17.8 Å². The monoisotopic (exact) mass is 318 g/mol. The van der Waals surface area contributed by atoms with Gasteiger partial charge in [0.1, 0.15) is 0 Å². The van der Waals surface area contributed by atoms with Crippen molar-refractivity contribution in [3.63, 3.8) is 0 Å². The van der Waals surface area contributed by atoms with Gasteiger partial charge in [0.25, 0.3) is 0 Å². The van der Waals surface area contributed by atoms with Gasteiger partial charge < -0.3 is 5.32 Å². The smallest absolute Gasteiger partial charge is 0.226 e. The molecule has 2 heterocycles. The molecule has 0 aliphatic carbocycles. The molecule has 0 radical (unpaired) electrons. The Morgan fingerprint density at radius 3 is 3.11 bits per heavy atom. The van der Waals surface area contributed by atoms with Crippen LogP contribution in [-0.4, -0.2) is 32.3 Å². The minimum atomic E-state index is -0.0212. The van der Waals surface area contributed by atoms with Crippen LogP contribution in [-0.2, 0) is 4.79 Å². The van der Waals surface area contributed by atoms with Gasteiger partial charge in [0, 0.05) is 23.8 Å². The van der Waals surface area contributed by atoms with Crippen molar-refractivity contribution in [2.45, 2.75) is 15.9 Å². The summed E-state index contributed by atoms with van der Waals surface area (Å²) < 4.78 is 5.06. The highest BCUT2D eigenvalue weighted by molar-refractivity contribution is 8.01. The van der Waals surface area contributed by atoms with Crippen molar-refractivity contribution in [1.82, 2.24) is 14.3 Å². The zero-order chi connectivity index (χ0) is 12.8. The Bertz CT molecular complexity index is 498. The molecule has 2 rings (SSSR count). The third-order valence-corrected chi connectivity index (χ3v) is 4.99. The number of carbonyl (C=O) groups excluding carboxylic acids is 1. The SMILES string of the molecule is CSc1nsc(SCCC(=O)Nc2nccs2)n1. The van der Waals surface area contributed by atoms with Crippen molar-refractivity contribution in [3.05, 3.63) is 11.6 Å². The van der Waals surface area contributed by atoms with Crippen LogP contribution in [0.15, 0.2) is 21.1 Å². The normalized spacial score (nSPS) is 10.5. The van der Waals surface area contributed by atoms with E-state index in [-0.39, 0.29) is 5.91 Å². The Morgan fingerprint density at radius 2 is 2.44 bits per heavy atom. The molecule has 9 heteroatoms. The third-order valence-electron chi connectivity index (χ3n) is 1.80. The van der Waals surface area contributed by atoms with E-state index >= 15 is 0 Å². The van der Waals surface area contributed by atoms with Gasteiger partial charge in [0.15, 0.2) is 9.47 Å². The predicted octanol–water partition coefficient (Wildman–Crippen LogP) is 2.84. The predicted molar refractivity (Wildman–Crippen MR) is 77.8 cm³/mol. The zero-order valence-electron chi connectivity index (χ0n) is 9.45. The van der Waals surface area contributed by atoms with Crippen molar-refractivity contribution >= 4 is 57.4 Å². The molecule has 0 aliphatic heterocycles. The maximum absolute atomic E-state index is 11.6. The van der Waals surface area contributed by atoms with Crippen LogP contribution < -0.4 is 5.32 Å². The van der Waals surface area contributed by atoms with E-state index in [1.807, 2.05) is 11.6 Å². The standard InChI is InChI=1S/C9H10N4OS4/c1-15-8-12-9(18-13-8)17-4-2-6(14)11-7-10-3-5-16-7/h3,5H,2,4H2,1H3,(H,10,11,14). The van der Waals surface area contributed by atoms with Crippen LogP contribution in [0.25, 0.3) is 0 Å². The van der Waals surface area contributed by atoms with Crippen molar-refractivity contribution in [1.29, 1.82) is 0 Å². The Morgan fingerprint density at radius 1 is 1.56 bits per heavy atom. The molecule has 0 fully saturated rings. The van der Waals surface area contributed by atoms with Gasteiger partial charge in [-0.15, -0.1) is 11.3 Å². The lowest BCUT2D eigenvalue weighted by Gasteiger charge is -1.99. The minimum Gasteiger partial charge on any atom is -0.302 e. The zero-order valence-corrected chi connectivity index (χ0v) is 12.7. The molecule has 2 aromatic rings. The Hall–Kier alpha value is -0.640. The van der Waals surface area contributed by atoms with E-state index in [1.165, 1.54) is 34.6 Å². The molecule has 1 N–H and O–H groups in total. The number of nitrogens with one attached hydrogen (secondary N) is 1. The molecule has 18 heavy (non-hydrogen) atoms. The van der Waals surface area contributed by atoms with Gasteiger partial charge in [-0.25, -0.2) is 9.97 Å². The number of aromatic nitrogens is 3. The van der Waals surface area contributed by atoms with Gasteiger partial charge in [-0.2, -0.15) is 4.37 Å². The van der Waals surface area contributed by atoms with Gasteiger partial charge in [0.2, 0.25) is 11.1 Å². The summed E-state index contributed by atoms with van der Waals surface area (Å²) in [5.41, 5.74) is 0. The highest BCUT2D eigenvalue weighted by Crippen LogP contribution is 2.24. The minimum absolute atomic E-state index is 0.0212. The van der Waals surface area contributed by atoms with Crippen LogP contribution in [0.4, 0.5) is 5.13 Å². The van der Waals surface area contributed by atoms with Crippen molar-refractivity contribution in [2.75, 3.05) is 17.3 Å². The molecule has 0 spiro atoms. The molecule has 1 amide bonds. The first-order valence-corrected chi connectivity index (χ1v) is 8.84. The van der Waals surface area contributed by atoms with E-state index < -0.39 is 0 Å². The van der Waals surface area contributed by atoms with Crippen LogP contribution >= 0.6 is 46.4 Å². The largest absolute Gasteiger partial charge is 0.302 e. The highest BCUT2D eigenvalue weighted by atomic mass is 32.2. The van der Waals surface area contributed by atoms with Crippen LogP contribution in [0.2, 0.25) is 0 Å². The number of amides is 1. The molecule has 0 saturated heterocycles. The first-order valence-electron chi connectivity index (χ1n) is 4.98. The van der Waals surface area contributed by atoms with E-state index in [0.29, 0.717) is 17.3 Å². The molecule has 0 aromatic carbocycles. The molecule has 0 atom stereocenters. The van der Waals surface area contributed by atoms with E-state index in [1.54, 1.807) is 18.0 Å². The fourth-order valence-electron chi connectivity index (χ4n) is 1.04. The van der Waals surface area contributed by atoms with Crippen LogP contribution in [0.1, 0.15) is 6.42 Å². The van der Waals surface area contributed by atoms with Crippen molar-refractivity contribution in [3.8, 4) is 0 Å². The quantitative estimate of drug-likeness (QED) is 0.826. The number of anilines is 1. The molecule has 96 valence electrons. The summed E-state index contributed by atoms with van der Waals surface area (Å²) in [4.78, 5) is 19.9. The Balaban J connectivity index is 1.70. The molecule has 0 bridgehead atoms. The maximum atomic E-state index is 11.6. The summed E-state index contributed by atoms with van der Waals surface area (Å²) in [5.74, 6) is 0.673. The van der Waals surface area contributed by atoms with Crippen molar-refractivity contribution in [2.24, 2.45) is 0 Å². The fourth-order valence-corrected chi connectivity index (χ4v) is 3.80. The van der Waals surface area contributed by atoms with E-state index in [4.69, 9.17) is 0 Å². The van der Waals surface area contributed by atoms with Gasteiger partial charge in [-0.3, -0.25) is 4.79 Å². The number of thiazole rings is 1. The second-order valence-electron chi connectivity index (χ2n) is 3.03. The van der Waals surface area contributed by atoms with Crippen LogP contribution in [0.3, 0.4) is 0 Å². The average Bonchev–Trinajstić information content (AvgIpc) is 3.00. The first-order chi connectivity index (χ1) is 8.78. The van der Waals surface area contributed by atoms with Crippen LogP contribution in [0, 0.1) is 0 Å². The molecule has 5 nitrogen and oxygen atoms in total. The lowest BCUT2D eigenvalue weighted by atomic mass is 10.5. The average molecular weight is 318 g/mol. The number of carbonyl (C=O) groups is 1. The summed E-state index contributed by atoms with van der Waals surface area (Å²) in [6.07, 6.45) is 4.05. The van der Waals surface area contributed by atoms with Crippen molar-refractivity contribution < 1.29 is 4.79 Å². The maximum Gasteiger partial charge on any atom is 0.226 e. The summed E-state index contributed by atoms with van der Waals surface area (Å²) in [6.45, 7) is 0. The number of hydrogen-bond donors (Lipinski definition) is 1. The third kappa shape index (κ3) is 4.23. The number of hydrogen-bond acceptors (Lipinski definition) is 8. The van der Waals surface area contributed by atoms with E-state index in [0.717, 1.165) is 9.50 Å². The van der Waals surface area contributed by atoms with E-state index in [9.17, 15) is 4.79 Å². The molecule has 0 saturated carbocycles. The summed E-state index contributed by atoms with van der Waals surface area (Å²) in [7, 11) is 0. The van der Waals surface area contributed by atoms with Gasteiger partial charge >= 0.3 is 0 Å². The summed E-state index contributed by atoms with van der Waals surface area (Å²) in [6, 6.07) is 0. The number of rotatable bonds is 6. The molecule has 0 unspecified atom stereocenters. The van der Waals surface area contributed by atoms with Crippen LogP contribution in [0.5, 0.6) is 0 Å². The number of thioether (sulfide) groups is 2. The second kappa shape index (κ2) is 7.07. The summed E-state index contributed by atoms with van der Waals surface area (Å²) in [5, 5.41) is 6.00. The molecular formula is C9H10N4OS4. The molecule has 0 aliphatic rings. The van der Waals surface area contributed by atoms with Gasteiger partial charge in [-0.1, -0.05) is 23.5 Å². The van der Waals surface area contributed by atoms with Gasteiger partial charge in [0.05, 0.1) is 0 Å².